The van der Waals surface area contributed by atoms with E-state index in [4.69, 9.17) is 4.74 Å². The van der Waals surface area contributed by atoms with Crippen molar-refractivity contribution in [1.29, 1.82) is 0 Å². The number of carbonyl (C=O) groups is 1. The summed E-state index contributed by atoms with van der Waals surface area (Å²) in [6.45, 7) is 7.50. The summed E-state index contributed by atoms with van der Waals surface area (Å²) in [5.41, 5.74) is 2.76. The Bertz CT molecular complexity index is 981. The number of rotatable bonds is 4. The van der Waals surface area contributed by atoms with Gasteiger partial charge in [-0.2, -0.15) is 5.10 Å². The minimum atomic E-state index is -0.317. The van der Waals surface area contributed by atoms with Crippen molar-refractivity contribution in [3.05, 3.63) is 30.3 Å². The number of piperazine rings is 1. The summed E-state index contributed by atoms with van der Waals surface area (Å²) in [6.07, 6.45) is 6.33. The molecule has 1 saturated carbocycles. The summed E-state index contributed by atoms with van der Waals surface area (Å²) in [5, 5.41) is 4.24. The SMILES string of the molecule is CCOC(=O)N1CC2(CC[C@@H](N3CCN(c4cc(F)cnc4-c4ccnn4C)CC3)C2)C1. The highest BCUT2D eigenvalue weighted by Gasteiger charge is 2.51. The fraction of sp³-hybridized carbons (Fsp3) is 0.609. The molecule has 4 heterocycles. The van der Waals surface area contributed by atoms with Crippen LogP contribution in [0.5, 0.6) is 0 Å². The second-order valence-corrected chi connectivity index (χ2v) is 9.34. The first-order chi connectivity index (χ1) is 15.5. The maximum Gasteiger partial charge on any atom is 0.409 e. The van der Waals surface area contributed by atoms with Crippen LogP contribution < -0.4 is 4.90 Å². The molecule has 0 bridgehead atoms. The molecule has 0 N–H and O–H groups in total. The Kier molecular flexibility index (Phi) is 5.53. The maximum atomic E-state index is 14.1. The number of halogens is 1. The molecule has 3 fully saturated rings. The van der Waals surface area contributed by atoms with Crippen molar-refractivity contribution in [3.8, 4) is 11.4 Å². The number of ether oxygens (including phenoxy) is 1. The highest BCUT2D eigenvalue weighted by Crippen LogP contribution is 2.47. The first-order valence-corrected chi connectivity index (χ1v) is 11.5. The predicted octanol–water partition coefficient (Wildman–Crippen LogP) is 2.75. The minimum Gasteiger partial charge on any atom is -0.450 e. The van der Waals surface area contributed by atoms with E-state index in [2.05, 4.69) is 19.9 Å². The van der Waals surface area contributed by atoms with Crippen molar-refractivity contribution < 1.29 is 13.9 Å². The standard InChI is InChI=1S/C23H31FN6O2/c1-3-32-22(31)30-15-23(16-30)6-4-18(13-23)28-8-10-29(11-9-28)20-12-17(24)14-25-21(20)19-5-7-26-27(19)2/h5,7,12,14,18H,3-4,6,8-11,13,15-16H2,1-2H3/t18-/m1/s1. The number of pyridine rings is 1. The number of hydrogen-bond acceptors (Lipinski definition) is 6. The van der Waals surface area contributed by atoms with Crippen molar-refractivity contribution in [3.63, 3.8) is 0 Å². The van der Waals surface area contributed by atoms with Crippen molar-refractivity contribution in [2.24, 2.45) is 12.5 Å². The van der Waals surface area contributed by atoms with E-state index >= 15 is 0 Å². The third-order valence-electron chi connectivity index (χ3n) is 7.32. The van der Waals surface area contributed by atoms with Crippen molar-refractivity contribution >= 4 is 11.8 Å². The van der Waals surface area contributed by atoms with Gasteiger partial charge in [0.2, 0.25) is 0 Å². The highest BCUT2D eigenvalue weighted by atomic mass is 19.1. The van der Waals surface area contributed by atoms with Gasteiger partial charge in [0.05, 0.1) is 24.2 Å². The normalized spacial score (nSPS) is 22.9. The molecule has 2 aromatic rings. The average molecular weight is 443 g/mol. The molecule has 2 saturated heterocycles. The van der Waals surface area contributed by atoms with Gasteiger partial charge in [0, 0.05) is 70.0 Å². The minimum absolute atomic E-state index is 0.178. The smallest absolute Gasteiger partial charge is 0.409 e. The van der Waals surface area contributed by atoms with E-state index in [0.717, 1.165) is 62.8 Å². The van der Waals surface area contributed by atoms with Crippen molar-refractivity contribution in [2.75, 3.05) is 50.8 Å². The molecule has 1 atom stereocenters. The van der Waals surface area contributed by atoms with Crippen LogP contribution >= 0.6 is 0 Å². The van der Waals surface area contributed by atoms with Crippen LogP contribution in [0.3, 0.4) is 0 Å². The van der Waals surface area contributed by atoms with Crippen LogP contribution in [0, 0.1) is 11.2 Å². The van der Waals surface area contributed by atoms with E-state index in [9.17, 15) is 9.18 Å². The summed E-state index contributed by atoms with van der Waals surface area (Å²) in [4.78, 5) is 23.0. The summed E-state index contributed by atoms with van der Waals surface area (Å²) in [6, 6.07) is 4.06. The first kappa shape index (κ1) is 21.2. The van der Waals surface area contributed by atoms with Gasteiger partial charge in [0.15, 0.2) is 0 Å². The Morgan fingerprint density at radius 3 is 2.75 bits per heavy atom. The lowest BCUT2D eigenvalue weighted by Crippen LogP contribution is -2.58. The number of aromatic nitrogens is 3. The van der Waals surface area contributed by atoms with E-state index in [0.29, 0.717) is 12.6 Å². The monoisotopic (exact) mass is 442 g/mol. The third-order valence-corrected chi connectivity index (χ3v) is 7.32. The van der Waals surface area contributed by atoms with Crippen molar-refractivity contribution in [1.82, 2.24) is 24.6 Å². The van der Waals surface area contributed by atoms with E-state index in [1.807, 2.05) is 24.9 Å². The zero-order valence-electron chi connectivity index (χ0n) is 18.8. The third kappa shape index (κ3) is 3.83. The molecule has 172 valence electrons. The molecule has 9 heteroatoms. The van der Waals surface area contributed by atoms with E-state index < -0.39 is 0 Å². The summed E-state index contributed by atoms with van der Waals surface area (Å²) in [5.74, 6) is -0.317. The number of likely N-dealkylation sites (tertiary alicyclic amines) is 1. The Hall–Kier alpha value is -2.68. The van der Waals surface area contributed by atoms with Gasteiger partial charge in [-0.3, -0.25) is 9.58 Å². The molecular weight excluding hydrogens is 411 g/mol. The van der Waals surface area contributed by atoms with Crippen LogP contribution in [0.2, 0.25) is 0 Å². The molecule has 1 aliphatic carbocycles. The quantitative estimate of drug-likeness (QED) is 0.726. The van der Waals surface area contributed by atoms with Crippen LogP contribution in [-0.4, -0.2) is 82.6 Å². The van der Waals surface area contributed by atoms with Crippen LogP contribution in [0.1, 0.15) is 26.2 Å². The molecular formula is C23H31FN6O2. The molecule has 5 rings (SSSR count). The fourth-order valence-corrected chi connectivity index (χ4v) is 5.68. The number of amides is 1. The van der Waals surface area contributed by atoms with E-state index in [1.165, 1.54) is 19.0 Å². The summed E-state index contributed by atoms with van der Waals surface area (Å²) >= 11 is 0. The lowest BCUT2D eigenvalue weighted by Gasteiger charge is -2.48. The topological polar surface area (TPSA) is 66.7 Å². The van der Waals surface area contributed by atoms with Gasteiger partial charge in [0.25, 0.3) is 0 Å². The first-order valence-electron chi connectivity index (χ1n) is 11.5. The Balaban J connectivity index is 1.21. The van der Waals surface area contributed by atoms with Gasteiger partial charge < -0.3 is 14.5 Å². The number of nitrogens with zero attached hydrogens (tertiary/aromatic N) is 6. The van der Waals surface area contributed by atoms with Gasteiger partial charge in [-0.15, -0.1) is 0 Å². The van der Waals surface area contributed by atoms with Crippen LogP contribution in [0.4, 0.5) is 14.9 Å². The molecule has 0 unspecified atom stereocenters. The molecule has 2 aromatic heterocycles. The number of aryl methyl sites for hydroxylation is 1. The number of carbonyl (C=O) groups excluding carboxylic acids is 1. The van der Waals surface area contributed by atoms with Crippen molar-refractivity contribution in [2.45, 2.75) is 32.2 Å². The van der Waals surface area contributed by atoms with Crippen LogP contribution in [-0.2, 0) is 11.8 Å². The van der Waals surface area contributed by atoms with Gasteiger partial charge in [-0.1, -0.05) is 0 Å². The van der Waals surface area contributed by atoms with Crippen LogP contribution in [0.15, 0.2) is 24.5 Å². The molecule has 0 aromatic carbocycles. The lowest BCUT2D eigenvalue weighted by molar-refractivity contribution is -0.00294. The maximum absolute atomic E-state index is 14.1. The van der Waals surface area contributed by atoms with E-state index in [-0.39, 0.29) is 17.3 Å². The Morgan fingerprint density at radius 2 is 2.06 bits per heavy atom. The van der Waals surface area contributed by atoms with Crippen LogP contribution in [0.25, 0.3) is 11.4 Å². The summed E-state index contributed by atoms with van der Waals surface area (Å²) < 4.78 is 21.0. The zero-order valence-corrected chi connectivity index (χ0v) is 18.8. The second-order valence-electron chi connectivity index (χ2n) is 9.34. The molecule has 1 amide bonds. The van der Waals surface area contributed by atoms with Gasteiger partial charge in [-0.25, -0.2) is 14.2 Å². The van der Waals surface area contributed by atoms with Gasteiger partial charge in [0.1, 0.15) is 11.5 Å². The van der Waals surface area contributed by atoms with E-state index in [1.54, 1.807) is 16.9 Å². The lowest BCUT2D eigenvalue weighted by atomic mass is 9.78. The van der Waals surface area contributed by atoms with Gasteiger partial charge >= 0.3 is 6.09 Å². The molecule has 8 nitrogen and oxygen atoms in total. The molecule has 32 heavy (non-hydrogen) atoms. The zero-order chi connectivity index (χ0) is 22.3. The average Bonchev–Trinajstić information content (AvgIpc) is 3.40. The molecule has 3 aliphatic rings. The van der Waals surface area contributed by atoms with Gasteiger partial charge in [-0.05, 0) is 32.3 Å². The fourth-order valence-electron chi connectivity index (χ4n) is 5.68. The largest absolute Gasteiger partial charge is 0.450 e. The summed E-state index contributed by atoms with van der Waals surface area (Å²) in [7, 11) is 1.88. The number of hydrogen-bond donors (Lipinski definition) is 0. The molecule has 2 aliphatic heterocycles. The second kappa shape index (κ2) is 8.35. The Labute approximate surface area is 187 Å². The molecule has 0 radical (unpaired) electrons. The predicted molar refractivity (Wildman–Crippen MR) is 119 cm³/mol. The molecule has 1 spiro atoms. The Morgan fingerprint density at radius 1 is 1.28 bits per heavy atom. The number of anilines is 1. The highest BCUT2D eigenvalue weighted by molar-refractivity contribution is 5.73.